The largest absolute Gasteiger partial charge is 0.481 e. The van der Waals surface area contributed by atoms with E-state index in [1.165, 1.54) is 17.0 Å². The Hall–Kier alpha value is -2.07. The van der Waals surface area contributed by atoms with Crippen molar-refractivity contribution in [2.45, 2.75) is 6.54 Å². The molecule has 0 spiro atoms. The van der Waals surface area contributed by atoms with Crippen LogP contribution < -0.4 is 4.74 Å². The van der Waals surface area contributed by atoms with Crippen LogP contribution in [0.3, 0.4) is 0 Å². The van der Waals surface area contributed by atoms with E-state index in [1.54, 1.807) is 31.3 Å². The first kappa shape index (κ1) is 15.3. The van der Waals surface area contributed by atoms with Crippen molar-refractivity contribution in [2.75, 3.05) is 13.7 Å². The molecule has 0 aliphatic heterocycles. The lowest BCUT2D eigenvalue weighted by molar-refractivity contribution is -0.132. The second-order valence-electron chi connectivity index (χ2n) is 4.60. The first-order chi connectivity index (χ1) is 10.1. The number of carbonyl (C=O) groups is 1. The molecule has 2 aromatic carbocycles. The summed E-state index contributed by atoms with van der Waals surface area (Å²) in [6.45, 7) is 0.206. The maximum atomic E-state index is 13.4. The number of hydrogen-bond acceptors (Lipinski definition) is 2. The molecule has 0 atom stereocenters. The number of hydrogen-bond donors (Lipinski definition) is 0. The van der Waals surface area contributed by atoms with E-state index >= 15 is 0 Å². The first-order valence-corrected chi connectivity index (χ1v) is 6.80. The summed E-state index contributed by atoms with van der Waals surface area (Å²) in [6.07, 6.45) is 0. The predicted molar refractivity (Wildman–Crippen MR) is 79.8 cm³/mol. The van der Waals surface area contributed by atoms with Crippen molar-refractivity contribution in [3.8, 4) is 5.75 Å². The molecule has 0 unspecified atom stereocenters. The number of likely N-dealkylation sites (N-methyl/N-ethyl adjacent to an activating group) is 1. The lowest BCUT2D eigenvalue weighted by Gasteiger charge is -2.17. The number of rotatable bonds is 5. The minimum Gasteiger partial charge on any atom is -0.481 e. The molecule has 0 aromatic heterocycles. The van der Waals surface area contributed by atoms with Gasteiger partial charge in [0.1, 0.15) is 0 Å². The van der Waals surface area contributed by atoms with Crippen LogP contribution in [0.25, 0.3) is 0 Å². The quantitative estimate of drug-likeness (QED) is 0.846. The average Bonchev–Trinajstić information content (AvgIpc) is 2.46. The van der Waals surface area contributed by atoms with E-state index in [1.807, 2.05) is 12.1 Å². The van der Waals surface area contributed by atoms with E-state index < -0.39 is 5.82 Å². The second-order valence-corrected chi connectivity index (χ2v) is 5.04. The summed E-state index contributed by atoms with van der Waals surface area (Å²) in [6, 6.07) is 13.3. The highest BCUT2D eigenvalue weighted by molar-refractivity contribution is 6.30. The Morgan fingerprint density at radius 2 is 2.00 bits per heavy atom. The fraction of sp³-hybridized carbons (Fsp3) is 0.188. The number of halogens is 2. The standard InChI is InChI=1S/C16H15ClFNO2/c1-19(10-12-5-4-6-13(17)9-12)16(20)11-21-15-8-3-2-7-14(15)18/h2-9H,10-11H2,1H3. The van der Waals surface area contributed by atoms with Crippen LogP contribution in [-0.4, -0.2) is 24.5 Å². The van der Waals surface area contributed by atoms with Crippen molar-refractivity contribution in [3.63, 3.8) is 0 Å². The van der Waals surface area contributed by atoms with Crippen molar-refractivity contribution >= 4 is 17.5 Å². The molecule has 0 bridgehead atoms. The molecule has 110 valence electrons. The maximum absolute atomic E-state index is 13.4. The molecular formula is C16H15ClFNO2. The van der Waals surface area contributed by atoms with Gasteiger partial charge in [-0.05, 0) is 29.8 Å². The predicted octanol–water partition coefficient (Wildman–Crippen LogP) is 3.52. The zero-order valence-corrected chi connectivity index (χ0v) is 12.3. The smallest absolute Gasteiger partial charge is 0.260 e. The van der Waals surface area contributed by atoms with E-state index in [4.69, 9.17) is 16.3 Å². The van der Waals surface area contributed by atoms with Crippen LogP contribution in [0.4, 0.5) is 4.39 Å². The third kappa shape index (κ3) is 4.46. The zero-order chi connectivity index (χ0) is 15.2. The van der Waals surface area contributed by atoms with E-state index in [2.05, 4.69) is 0 Å². The third-order valence-corrected chi connectivity index (χ3v) is 3.16. The molecule has 3 nitrogen and oxygen atoms in total. The van der Waals surface area contributed by atoms with Gasteiger partial charge in [0.15, 0.2) is 18.2 Å². The van der Waals surface area contributed by atoms with Gasteiger partial charge in [0, 0.05) is 18.6 Å². The van der Waals surface area contributed by atoms with Gasteiger partial charge in [-0.25, -0.2) is 4.39 Å². The summed E-state index contributed by atoms with van der Waals surface area (Å²) < 4.78 is 18.6. The van der Waals surface area contributed by atoms with Crippen LogP contribution >= 0.6 is 11.6 Å². The number of ether oxygens (including phenoxy) is 1. The molecule has 21 heavy (non-hydrogen) atoms. The first-order valence-electron chi connectivity index (χ1n) is 6.42. The molecular weight excluding hydrogens is 293 g/mol. The molecule has 0 saturated carbocycles. The van der Waals surface area contributed by atoms with Crippen molar-refractivity contribution in [1.82, 2.24) is 4.90 Å². The highest BCUT2D eigenvalue weighted by Crippen LogP contribution is 2.16. The van der Waals surface area contributed by atoms with E-state index in [0.717, 1.165) is 5.56 Å². The topological polar surface area (TPSA) is 29.5 Å². The van der Waals surface area contributed by atoms with Gasteiger partial charge in [0.05, 0.1) is 0 Å². The van der Waals surface area contributed by atoms with E-state index in [-0.39, 0.29) is 18.3 Å². The van der Waals surface area contributed by atoms with Crippen LogP contribution in [0.2, 0.25) is 5.02 Å². The molecule has 0 fully saturated rings. The number of benzene rings is 2. The summed E-state index contributed by atoms with van der Waals surface area (Å²) in [5, 5.41) is 0.621. The minimum absolute atomic E-state index is 0.0713. The Bertz CT molecular complexity index is 633. The number of nitrogens with zero attached hydrogens (tertiary/aromatic N) is 1. The highest BCUT2D eigenvalue weighted by atomic mass is 35.5. The lowest BCUT2D eigenvalue weighted by Crippen LogP contribution is -2.31. The van der Waals surface area contributed by atoms with Gasteiger partial charge < -0.3 is 9.64 Å². The van der Waals surface area contributed by atoms with Crippen molar-refractivity contribution < 1.29 is 13.9 Å². The van der Waals surface area contributed by atoms with Gasteiger partial charge >= 0.3 is 0 Å². The third-order valence-electron chi connectivity index (χ3n) is 2.92. The summed E-state index contributed by atoms with van der Waals surface area (Å²) in [5.74, 6) is -0.650. The molecule has 1 amide bonds. The molecule has 5 heteroatoms. The van der Waals surface area contributed by atoms with E-state index in [9.17, 15) is 9.18 Å². The average molecular weight is 308 g/mol. The molecule has 0 aliphatic carbocycles. The molecule has 0 saturated heterocycles. The van der Waals surface area contributed by atoms with Gasteiger partial charge in [-0.1, -0.05) is 35.9 Å². The Balaban J connectivity index is 1.90. The highest BCUT2D eigenvalue weighted by Gasteiger charge is 2.11. The normalized spacial score (nSPS) is 10.2. The lowest BCUT2D eigenvalue weighted by atomic mass is 10.2. The zero-order valence-electron chi connectivity index (χ0n) is 11.6. The Labute approximate surface area is 127 Å². The van der Waals surface area contributed by atoms with Crippen LogP contribution in [0, 0.1) is 5.82 Å². The van der Waals surface area contributed by atoms with E-state index in [0.29, 0.717) is 11.6 Å². The van der Waals surface area contributed by atoms with Gasteiger partial charge in [0.25, 0.3) is 5.91 Å². The summed E-state index contributed by atoms with van der Waals surface area (Å²) in [7, 11) is 1.66. The Kier molecular flexibility index (Phi) is 5.17. The van der Waals surface area contributed by atoms with Gasteiger partial charge in [0.2, 0.25) is 0 Å². The van der Waals surface area contributed by atoms with Gasteiger partial charge in [-0.2, -0.15) is 0 Å². The molecule has 2 aromatic rings. The molecule has 2 rings (SSSR count). The monoisotopic (exact) mass is 307 g/mol. The second kappa shape index (κ2) is 7.09. The molecule has 0 radical (unpaired) electrons. The Morgan fingerprint density at radius 3 is 2.71 bits per heavy atom. The molecule has 0 aliphatic rings. The number of para-hydroxylation sites is 1. The summed E-state index contributed by atoms with van der Waals surface area (Å²) in [4.78, 5) is 13.5. The van der Waals surface area contributed by atoms with Gasteiger partial charge in [-0.3, -0.25) is 4.79 Å². The maximum Gasteiger partial charge on any atom is 0.260 e. The summed E-state index contributed by atoms with van der Waals surface area (Å²) in [5.41, 5.74) is 0.921. The summed E-state index contributed by atoms with van der Waals surface area (Å²) >= 11 is 5.90. The molecule has 0 N–H and O–H groups in total. The minimum atomic E-state index is -0.484. The van der Waals surface area contributed by atoms with Crippen LogP contribution in [0.15, 0.2) is 48.5 Å². The van der Waals surface area contributed by atoms with Crippen LogP contribution in [0.5, 0.6) is 5.75 Å². The Morgan fingerprint density at radius 1 is 1.24 bits per heavy atom. The van der Waals surface area contributed by atoms with Crippen molar-refractivity contribution in [2.24, 2.45) is 0 Å². The van der Waals surface area contributed by atoms with Gasteiger partial charge in [-0.15, -0.1) is 0 Å². The van der Waals surface area contributed by atoms with Crippen molar-refractivity contribution in [1.29, 1.82) is 0 Å². The number of amides is 1. The van der Waals surface area contributed by atoms with Crippen molar-refractivity contribution in [3.05, 3.63) is 64.9 Å². The fourth-order valence-electron chi connectivity index (χ4n) is 1.81. The molecule has 0 heterocycles. The number of carbonyl (C=O) groups excluding carboxylic acids is 1. The van der Waals surface area contributed by atoms with Crippen LogP contribution in [-0.2, 0) is 11.3 Å². The fourth-order valence-corrected chi connectivity index (χ4v) is 2.02. The SMILES string of the molecule is CN(Cc1cccc(Cl)c1)C(=O)COc1ccccc1F. The van der Waals surface area contributed by atoms with Crippen LogP contribution in [0.1, 0.15) is 5.56 Å².